The molecular formula is C17H24N2O3. The molecule has 2 rings (SSSR count). The summed E-state index contributed by atoms with van der Waals surface area (Å²) in [6.07, 6.45) is 4.44. The van der Waals surface area contributed by atoms with Crippen molar-refractivity contribution in [1.82, 2.24) is 4.90 Å². The van der Waals surface area contributed by atoms with Gasteiger partial charge in [-0.1, -0.05) is 6.42 Å². The van der Waals surface area contributed by atoms with Gasteiger partial charge in [0, 0.05) is 25.3 Å². The maximum absolute atomic E-state index is 9.16. The Morgan fingerprint density at radius 2 is 2.23 bits per heavy atom. The Morgan fingerprint density at radius 1 is 1.36 bits per heavy atom. The van der Waals surface area contributed by atoms with Crippen LogP contribution in [0.15, 0.2) is 18.2 Å². The van der Waals surface area contributed by atoms with Gasteiger partial charge in [-0.15, -0.1) is 0 Å². The first-order valence-corrected chi connectivity index (χ1v) is 7.84. The molecule has 1 fully saturated rings. The van der Waals surface area contributed by atoms with Crippen LogP contribution in [0.5, 0.6) is 11.5 Å². The molecule has 1 N–H and O–H groups in total. The van der Waals surface area contributed by atoms with Crippen LogP contribution in [0, 0.1) is 11.3 Å². The van der Waals surface area contributed by atoms with Crippen molar-refractivity contribution in [2.24, 2.45) is 0 Å². The fourth-order valence-corrected chi connectivity index (χ4v) is 2.96. The van der Waals surface area contributed by atoms with Gasteiger partial charge in [-0.3, -0.25) is 4.90 Å². The van der Waals surface area contributed by atoms with Crippen molar-refractivity contribution in [3.05, 3.63) is 23.8 Å². The van der Waals surface area contributed by atoms with Crippen LogP contribution < -0.4 is 9.47 Å². The average Bonchev–Trinajstić information content (AvgIpc) is 2.57. The molecule has 0 spiro atoms. The molecule has 1 aromatic rings. The lowest BCUT2D eigenvalue weighted by atomic mass is 10.00. The number of rotatable bonds is 7. The number of nitriles is 1. The fourth-order valence-electron chi connectivity index (χ4n) is 2.96. The lowest BCUT2D eigenvalue weighted by molar-refractivity contribution is 0.101. The van der Waals surface area contributed by atoms with Crippen LogP contribution in [-0.2, 0) is 0 Å². The molecule has 1 aliphatic heterocycles. The topological polar surface area (TPSA) is 65.7 Å². The second-order valence-electron chi connectivity index (χ2n) is 5.52. The van der Waals surface area contributed by atoms with E-state index in [4.69, 9.17) is 19.8 Å². The standard InChI is InChI=1S/C17H24N2O3/c1-21-17-12-14(13-18)5-6-16(17)22-11-9-19-8-3-2-4-15(19)7-10-20/h5-6,12,15,20H,2-4,7-11H2,1H3. The minimum Gasteiger partial charge on any atom is -0.493 e. The molecule has 1 aromatic carbocycles. The van der Waals surface area contributed by atoms with Crippen molar-refractivity contribution in [2.45, 2.75) is 31.7 Å². The molecule has 0 bridgehead atoms. The van der Waals surface area contributed by atoms with Gasteiger partial charge in [-0.2, -0.15) is 5.26 Å². The van der Waals surface area contributed by atoms with Gasteiger partial charge in [0.1, 0.15) is 6.61 Å². The number of hydrogen-bond acceptors (Lipinski definition) is 5. The van der Waals surface area contributed by atoms with Crippen LogP contribution in [0.4, 0.5) is 0 Å². The van der Waals surface area contributed by atoms with E-state index in [1.807, 2.05) is 0 Å². The first-order chi connectivity index (χ1) is 10.8. The molecule has 1 unspecified atom stereocenters. The summed E-state index contributed by atoms with van der Waals surface area (Å²) in [5.41, 5.74) is 0.559. The summed E-state index contributed by atoms with van der Waals surface area (Å²) in [6.45, 7) is 2.72. The third kappa shape index (κ3) is 4.36. The van der Waals surface area contributed by atoms with E-state index in [9.17, 15) is 0 Å². The fraction of sp³-hybridized carbons (Fsp3) is 0.588. The van der Waals surface area contributed by atoms with Gasteiger partial charge in [-0.25, -0.2) is 0 Å². The van der Waals surface area contributed by atoms with Gasteiger partial charge in [0.2, 0.25) is 0 Å². The van der Waals surface area contributed by atoms with Crippen LogP contribution in [-0.4, -0.2) is 49.5 Å². The molecule has 1 saturated heterocycles. The van der Waals surface area contributed by atoms with Gasteiger partial charge >= 0.3 is 0 Å². The Labute approximate surface area is 132 Å². The van der Waals surface area contributed by atoms with Crippen molar-refractivity contribution >= 4 is 0 Å². The zero-order valence-corrected chi connectivity index (χ0v) is 13.1. The van der Waals surface area contributed by atoms with E-state index < -0.39 is 0 Å². The van der Waals surface area contributed by atoms with Crippen LogP contribution in [0.25, 0.3) is 0 Å². The van der Waals surface area contributed by atoms with Gasteiger partial charge < -0.3 is 14.6 Å². The molecular weight excluding hydrogens is 280 g/mol. The Kier molecular flexibility index (Phi) is 6.50. The lowest BCUT2D eigenvalue weighted by Gasteiger charge is -2.35. The van der Waals surface area contributed by atoms with Crippen molar-refractivity contribution in [1.29, 1.82) is 5.26 Å². The quantitative estimate of drug-likeness (QED) is 0.836. The van der Waals surface area contributed by atoms with Crippen molar-refractivity contribution in [3.8, 4) is 17.6 Å². The van der Waals surface area contributed by atoms with Crippen molar-refractivity contribution in [3.63, 3.8) is 0 Å². The maximum atomic E-state index is 9.16. The van der Waals surface area contributed by atoms with Gasteiger partial charge in [-0.05, 0) is 37.9 Å². The molecule has 0 amide bonds. The molecule has 5 heteroatoms. The van der Waals surface area contributed by atoms with E-state index in [0.717, 1.165) is 25.9 Å². The highest BCUT2D eigenvalue weighted by Gasteiger charge is 2.21. The van der Waals surface area contributed by atoms with E-state index in [1.165, 1.54) is 12.8 Å². The molecule has 1 aliphatic rings. The lowest BCUT2D eigenvalue weighted by Crippen LogP contribution is -2.42. The predicted molar refractivity (Wildman–Crippen MR) is 84.1 cm³/mol. The second-order valence-corrected chi connectivity index (χ2v) is 5.52. The molecule has 1 atom stereocenters. The first kappa shape index (κ1) is 16.6. The summed E-state index contributed by atoms with van der Waals surface area (Å²) in [4.78, 5) is 2.40. The Bertz CT molecular complexity index is 511. The third-order valence-corrected chi connectivity index (χ3v) is 4.14. The number of methoxy groups -OCH3 is 1. The van der Waals surface area contributed by atoms with Crippen molar-refractivity contribution in [2.75, 3.05) is 33.4 Å². The normalized spacial score (nSPS) is 18.7. The Balaban J connectivity index is 1.89. The van der Waals surface area contributed by atoms with Crippen LogP contribution in [0.1, 0.15) is 31.2 Å². The largest absolute Gasteiger partial charge is 0.493 e. The minimum absolute atomic E-state index is 0.242. The predicted octanol–water partition coefficient (Wildman–Crippen LogP) is 2.18. The number of piperidine rings is 1. The SMILES string of the molecule is COc1cc(C#N)ccc1OCCN1CCCCC1CCO. The Hall–Kier alpha value is -1.77. The summed E-state index contributed by atoms with van der Waals surface area (Å²) in [7, 11) is 1.57. The second kappa shape index (κ2) is 8.62. The number of nitrogens with zero attached hydrogens (tertiary/aromatic N) is 2. The maximum Gasteiger partial charge on any atom is 0.162 e. The summed E-state index contributed by atoms with van der Waals surface area (Å²) in [5.74, 6) is 1.25. The van der Waals surface area contributed by atoms with Crippen LogP contribution in [0.2, 0.25) is 0 Å². The third-order valence-electron chi connectivity index (χ3n) is 4.14. The highest BCUT2D eigenvalue weighted by molar-refractivity contribution is 5.46. The molecule has 120 valence electrons. The van der Waals surface area contributed by atoms with Gasteiger partial charge in [0.25, 0.3) is 0 Å². The zero-order chi connectivity index (χ0) is 15.8. The summed E-state index contributed by atoms with van der Waals surface area (Å²) < 4.78 is 11.1. The summed E-state index contributed by atoms with van der Waals surface area (Å²) in [5, 5.41) is 18.1. The molecule has 0 radical (unpaired) electrons. The molecule has 0 aromatic heterocycles. The highest BCUT2D eigenvalue weighted by atomic mass is 16.5. The zero-order valence-electron chi connectivity index (χ0n) is 13.1. The highest BCUT2D eigenvalue weighted by Crippen LogP contribution is 2.28. The minimum atomic E-state index is 0.242. The first-order valence-electron chi connectivity index (χ1n) is 7.84. The van der Waals surface area contributed by atoms with Gasteiger partial charge in [0.15, 0.2) is 11.5 Å². The number of ether oxygens (including phenoxy) is 2. The molecule has 0 aliphatic carbocycles. The van der Waals surface area contributed by atoms with Crippen LogP contribution in [0.3, 0.4) is 0 Å². The van der Waals surface area contributed by atoms with Crippen LogP contribution >= 0.6 is 0 Å². The number of aliphatic hydroxyl groups excluding tert-OH is 1. The number of aliphatic hydroxyl groups is 1. The van der Waals surface area contributed by atoms with E-state index in [-0.39, 0.29) is 6.61 Å². The molecule has 1 heterocycles. The number of benzene rings is 1. The molecule has 5 nitrogen and oxygen atoms in total. The molecule has 0 saturated carbocycles. The van der Waals surface area contributed by atoms with E-state index in [1.54, 1.807) is 25.3 Å². The molecule has 22 heavy (non-hydrogen) atoms. The smallest absolute Gasteiger partial charge is 0.162 e. The summed E-state index contributed by atoms with van der Waals surface area (Å²) in [6, 6.07) is 7.74. The Morgan fingerprint density at radius 3 is 2.95 bits per heavy atom. The van der Waals surface area contributed by atoms with Gasteiger partial charge in [0.05, 0.1) is 18.7 Å². The summed E-state index contributed by atoms with van der Waals surface area (Å²) >= 11 is 0. The number of hydrogen-bond donors (Lipinski definition) is 1. The van der Waals surface area contributed by atoms with E-state index in [2.05, 4.69) is 11.0 Å². The number of likely N-dealkylation sites (tertiary alicyclic amines) is 1. The average molecular weight is 304 g/mol. The van der Waals surface area contributed by atoms with Crippen molar-refractivity contribution < 1.29 is 14.6 Å². The monoisotopic (exact) mass is 304 g/mol. The van der Waals surface area contributed by atoms with E-state index >= 15 is 0 Å². The van der Waals surface area contributed by atoms with E-state index in [0.29, 0.717) is 29.7 Å².